The van der Waals surface area contributed by atoms with Gasteiger partial charge < -0.3 is 5.11 Å². The van der Waals surface area contributed by atoms with Crippen molar-refractivity contribution in [2.24, 2.45) is 17.8 Å². The Kier molecular flexibility index (Phi) is 3.02. The Hall–Kier alpha value is -1.09. The monoisotopic (exact) mass is 306 g/mol. The Morgan fingerprint density at radius 2 is 2.00 bits per heavy atom. The second-order valence-electron chi connectivity index (χ2n) is 5.26. The van der Waals surface area contributed by atoms with Gasteiger partial charge in [-0.25, -0.2) is 0 Å². The Bertz CT molecular complexity index is 509. The van der Waals surface area contributed by atoms with E-state index in [4.69, 9.17) is 5.11 Å². The molecule has 0 aromatic heterocycles. The zero-order chi connectivity index (χ0) is 12.7. The van der Waals surface area contributed by atoms with Gasteiger partial charge in [0.25, 0.3) is 0 Å². The molecule has 3 rings (SSSR count). The number of halogens is 1. The number of hydrogen-bond donors (Lipinski definition) is 1. The van der Waals surface area contributed by atoms with Crippen LogP contribution < -0.4 is 0 Å². The fraction of sp³-hybridized carbons (Fsp3) is 0.400. The van der Waals surface area contributed by atoms with E-state index in [-0.39, 0.29) is 12.3 Å². The van der Waals surface area contributed by atoms with Crippen LogP contribution in [0.2, 0.25) is 0 Å². The Balaban J connectivity index is 1.97. The highest BCUT2D eigenvalue weighted by Crippen LogP contribution is 2.55. The average molecular weight is 307 g/mol. The van der Waals surface area contributed by atoms with Gasteiger partial charge in [0.2, 0.25) is 0 Å². The van der Waals surface area contributed by atoms with Crippen molar-refractivity contribution < 1.29 is 9.90 Å². The molecular formula is C15H15BrO2. The van der Waals surface area contributed by atoms with Crippen LogP contribution in [0.4, 0.5) is 0 Å². The molecule has 0 saturated heterocycles. The van der Waals surface area contributed by atoms with Crippen LogP contribution in [-0.2, 0) is 4.79 Å². The Morgan fingerprint density at radius 3 is 2.72 bits per heavy atom. The largest absolute Gasteiger partial charge is 0.481 e. The van der Waals surface area contributed by atoms with Crippen molar-refractivity contribution in [3.63, 3.8) is 0 Å². The van der Waals surface area contributed by atoms with Gasteiger partial charge in [0, 0.05) is 10.9 Å². The second-order valence-corrected chi connectivity index (χ2v) is 6.11. The van der Waals surface area contributed by atoms with E-state index < -0.39 is 5.97 Å². The normalized spacial score (nSPS) is 32.9. The number of benzene rings is 1. The first-order valence-corrected chi connectivity index (χ1v) is 7.10. The molecule has 3 heteroatoms. The summed E-state index contributed by atoms with van der Waals surface area (Å²) in [6, 6.07) is 8.21. The van der Waals surface area contributed by atoms with Crippen LogP contribution in [0, 0.1) is 17.8 Å². The number of hydrogen-bond acceptors (Lipinski definition) is 1. The number of aliphatic carboxylic acids is 1. The minimum absolute atomic E-state index is 0.246. The van der Waals surface area contributed by atoms with Gasteiger partial charge in [0.15, 0.2) is 0 Å². The van der Waals surface area contributed by atoms with Gasteiger partial charge in [-0.1, -0.05) is 46.3 Å². The fourth-order valence-electron chi connectivity index (χ4n) is 3.61. The lowest BCUT2D eigenvalue weighted by molar-refractivity contribution is -0.138. The van der Waals surface area contributed by atoms with Gasteiger partial charge in [-0.05, 0) is 41.7 Å². The van der Waals surface area contributed by atoms with E-state index in [1.807, 2.05) is 18.2 Å². The summed E-state index contributed by atoms with van der Waals surface area (Å²) in [5, 5.41) is 9.10. The Labute approximate surface area is 115 Å². The lowest BCUT2D eigenvalue weighted by atomic mass is 9.77. The van der Waals surface area contributed by atoms with E-state index in [0.717, 1.165) is 10.9 Å². The van der Waals surface area contributed by atoms with Crippen molar-refractivity contribution in [2.75, 3.05) is 0 Å². The lowest BCUT2D eigenvalue weighted by Gasteiger charge is -2.28. The molecule has 1 aromatic rings. The van der Waals surface area contributed by atoms with E-state index in [0.29, 0.717) is 17.8 Å². The van der Waals surface area contributed by atoms with Crippen molar-refractivity contribution in [3.05, 3.63) is 46.5 Å². The summed E-state index contributed by atoms with van der Waals surface area (Å²) in [4.78, 5) is 11.1. The van der Waals surface area contributed by atoms with E-state index in [9.17, 15) is 4.79 Å². The van der Waals surface area contributed by atoms with E-state index >= 15 is 0 Å². The Morgan fingerprint density at radius 1 is 1.28 bits per heavy atom. The number of carbonyl (C=O) groups is 1. The van der Waals surface area contributed by atoms with E-state index in [2.05, 4.69) is 34.1 Å². The fourth-order valence-corrected chi connectivity index (χ4v) is 4.16. The highest BCUT2D eigenvalue weighted by Gasteiger charge is 2.46. The van der Waals surface area contributed by atoms with Crippen LogP contribution in [0.15, 0.2) is 40.9 Å². The molecule has 1 N–H and O–H groups in total. The summed E-state index contributed by atoms with van der Waals surface area (Å²) in [6.07, 6.45) is 5.88. The molecule has 0 heterocycles. The molecule has 2 aliphatic carbocycles. The van der Waals surface area contributed by atoms with Crippen LogP contribution in [0.1, 0.15) is 24.3 Å². The van der Waals surface area contributed by atoms with Crippen molar-refractivity contribution in [2.45, 2.75) is 18.8 Å². The van der Waals surface area contributed by atoms with Crippen molar-refractivity contribution in [1.29, 1.82) is 0 Å². The molecule has 2 aliphatic rings. The third kappa shape index (κ3) is 1.91. The van der Waals surface area contributed by atoms with Crippen molar-refractivity contribution in [3.8, 4) is 0 Å². The van der Waals surface area contributed by atoms with E-state index in [1.165, 1.54) is 5.56 Å². The predicted molar refractivity (Wildman–Crippen MR) is 73.4 cm³/mol. The summed E-state index contributed by atoms with van der Waals surface area (Å²) in [6.45, 7) is 0. The average Bonchev–Trinajstić information content (AvgIpc) is 2.90. The lowest BCUT2D eigenvalue weighted by Crippen LogP contribution is -2.21. The maximum absolute atomic E-state index is 11.1. The maximum Gasteiger partial charge on any atom is 0.303 e. The quantitative estimate of drug-likeness (QED) is 0.862. The van der Waals surface area contributed by atoms with Crippen LogP contribution in [0.3, 0.4) is 0 Å². The van der Waals surface area contributed by atoms with Gasteiger partial charge >= 0.3 is 5.97 Å². The number of allylic oxidation sites excluding steroid dienone is 2. The summed E-state index contributed by atoms with van der Waals surface area (Å²) in [5.74, 6) is 0.877. The third-order valence-corrected chi connectivity index (χ3v) is 5.02. The molecule has 4 atom stereocenters. The molecule has 4 unspecified atom stereocenters. The molecule has 0 aliphatic heterocycles. The topological polar surface area (TPSA) is 37.3 Å². The van der Waals surface area contributed by atoms with Gasteiger partial charge in [-0.3, -0.25) is 4.79 Å². The molecule has 1 aromatic carbocycles. The molecule has 0 spiro atoms. The molecule has 2 bridgehead atoms. The zero-order valence-electron chi connectivity index (χ0n) is 9.92. The van der Waals surface area contributed by atoms with Gasteiger partial charge in [0.05, 0.1) is 0 Å². The molecule has 0 amide bonds. The van der Waals surface area contributed by atoms with E-state index in [1.54, 1.807) is 0 Å². The SMILES string of the molecule is O=C(O)CC1C2C=CC(C2)C1c1ccccc1Br. The van der Waals surface area contributed by atoms with Crippen LogP contribution in [0.5, 0.6) is 0 Å². The second kappa shape index (κ2) is 4.54. The highest BCUT2D eigenvalue weighted by molar-refractivity contribution is 9.10. The third-order valence-electron chi connectivity index (χ3n) is 4.30. The molecule has 1 saturated carbocycles. The predicted octanol–water partition coefficient (Wildman–Crippen LogP) is 3.83. The molecule has 1 fully saturated rings. The number of carboxylic acids is 1. The molecule has 18 heavy (non-hydrogen) atoms. The molecule has 2 nitrogen and oxygen atoms in total. The van der Waals surface area contributed by atoms with Crippen LogP contribution >= 0.6 is 15.9 Å². The van der Waals surface area contributed by atoms with Gasteiger partial charge in [-0.15, -0.1) is 0 Å². The van der Waals surface area contributed by atoms with Crippen LogP contribution in [-0.4, -0.2) is 11.1 Å². The summed E-state index contributed by atoms with van der Waals surface area (Å²) < 4.78 is 1.10. The summed E-state index contributed by atoms with van der Waals surface area (Å²) >= 11 is 3.60. The van der Waals surface area contributed by atoms with Crippen molar-refractivity contribution in [1.82, 2.24) is 0 Å². The number of fused-ring (bicyclic) bond motifs is 2. The first-order chi connectivity index (χ1) is 8.66. The van der Waals surface area contributed by atoms with Gasteiger partial charge in [0.1, 0.15) is 0 Å². The van der Waals surface area contributed by atoms with Gasteiger partial charge in [-0.2, -0.15) is 0 Å². The summed E-state index contributed by atoms with van der Waals surface area (Å²) in [5.41, 5.74) is 1.26. The zero-order valence-corrected chi connectivity index (χ0v) is 11.5. The summed E-state index contributed by atoms with van der Waals surface area (Å²) in [7, 11) is 0. The first kappa shape index (κ1) is 12.0. The molecule has 94 valence electrons. The maximum atomic E-state index is 11.1. The van der Waals surface area contributed by atoms with Crippen molar-refractivity contribution >= 4 is 21.9 Å². The minimum Gasteiger partial charge on any atom is -0.481 e. The first-order valence-electron chi connectivity index (χ1n) is 6.31. The molecule has 0 radical (unpaired) electrons. The smallest absolute Gasteiger partial charge is 0.303 e. The standard InChI is InChI=1S/C15H15BrO2/c16-13-4-2-1-3-11(13)15-10-6-5-9(7-10)12(15)8-14(17)18/h1-6,9-10,12,15H,7-8H2,(H,17,18). The highest BCUT2D eigenvalue weighted by atomic mass is 79.9. The minimum atomic E-state index is -0.682. The van der Waals surface area contributed by atoms with Crippen LogP contribution in [0.25, 0.3) is 0 Å². The number of rotatable bonds is 3. The number of carboxylic acid groups (broad SMARTS) is 1. The molecular weight excluding hydrogens is 292 g/mol.